The van der Waals surface area contributed by atoms with Crippen LogP contribution in [0.15, 0.2) is 24.3 Å². The van der Waals surface area contributed by atoms with Crippen LogP contribution in [0, 0.1) is 0 Å². The van der Waals surface area contributed by atoms with Gasteiger partial charge < -0.3 is 20.7 Å². The summed E-state index contributed by atoms with van der Waals surface area (Å²) in [6, 6.07) is 6.38. The number of urea groups is 1. The number of methoxy groups -OCH3 is 1. The van der Waals surface area contributed by atoms with Gasteiger partial charge in [-0.3, -0.25) is 14.5 Å². The number of nitrogens with zero attached hydrogens (tertiary/aromatic N) is 1. The molecule has 2 saturated heterocycles. The summed E-state index contributed by atoms with van der Waals surface area (Å²) in [4.78, 5) is 38.1. The Kier molecular flexibility index (Phi) is 6.09. The van der Waals surface area contributed by atoms with Gasteiger partial charge in [-0.2, -0.15) is 0 Å². The maximum absolute atomic E-state index is 12.8. The first kappa shape index (κ1) is 20.0. The maximum Gasteiger partial charge on any atom is 0.325 e. The van der Waals surface area contributed by atoms with Gasteiger partial charge in [-0.25, -0.2) is 4.79 Å². The van der Waals surface area contributed by atoms with E-state index in [4.69, 9.17) is 4.74 Å². The van der Waals surface area contributed by atoms with Gasteiger partial charge in [-0.05, 0) is 37.6 Å². The van der Waals surface area contributed by atoms with Gasteiger partial charge in [0.05, 0.1) is 7.11 Å². The molecule has 0 saturated carbocycles. The summed E-state index contributed by atoms with van der Waals surface area (Å²) in [6.07, 6.45) is 0.843. The fourth-order valence-corrected chi connectivity index (χ4v) is 3.16. The molecule has 142 valence electrons. The van der Waals surface area contributed by atoms with Gasteiger partial charge >= 0.3 is 6.03 Å². The lowest BCUT2D eigenvalue weighted by atomic mass is 9.92. The van der Waals surface area contributed by atoms with Crippen molar-refractivity contribution in [1.29, 1.82) is 0 Å². The van der Waals surface area contributed by atoms with Crippen molar-refractivity contribution < 1.29 is 19.1 Å². The first-order valence-corrected chi connectivity index (χ1v) is 8.23. The van der Waals surface area contributed by atoms with Crippen LogP contribution in [0.2, 0.25) is 0 Å². The average Bonchev–Trinajstić information content (AvgIpc) is 3.18. The molecular formula is C17H23ClN4O4. The Bertz CT molecular complexity index is 691. The van der Waals surface area contributed by atoms with Gasteiger partial charge in [0, 0.05) is 12.6 Å². The third-order valence-electron chi connectivity index (χ3n) is 4.67. The molecule has 1 aromatic rings. The van der Waals surface area contributed by atoms with E-state index >= 15 is 0 Å². The van der Waals surface area contributed by atoms with Gasteiger partial charge in [-0.15, -0.1) is 12.4 Å². The molecule has 8 nitrogen and oxygen atoms in total. The van der Waals surface area contributed by atoms with E-state index in [1.165, 1.54) is 0 Å². The van der Waals surface area contributed by atoms with Crippen LogP contribution in [-0.4, -0.2) is 55.5 Å². The third-order valence-corrected chi connectivity index (χ3v) is 4.67. The summed E-state index contributed by atoms with van der Waals surface area (Å²) < 4.78 is 5.11. The molecule has 2 aliphatic rings. The zero-order valence-corrected chi connectivity index (χ0v) is 15.5. The molecule has 0 aliphatic carbocycles. The van der Waals surface area contributed by atoms with E-state index in [9.17, 15) is 14.4 Å². The number of halogens is 1. The van der Waals surface area contributed by atoms with Crippen LogP contribution >= 0.6 is 12.4 Å². The second-order valence-corrected chi connectivity index (χ2v) is 6.43. The van der Waals surface area contributed by atoms with E-state index in [1.807, 2.05) is 0 Å². The fourth-order valence-electron chi connectivity index (χ4n) is 3.16. The van der Waals surface area contributed by atoms with E-state index in [0.29, 0.717) is 17.9 Å². The molecule has 2 atom stereocenters. The number of carbonyl (C=O) groups excluding carboxylic acids is 3. The molecule has 0 radical (unpaired) electrons. The minimum Gasteiger partial charge on any atom is -0.497 e. The zero-order chi connectivity index (χ0) is 18.0. The summed E-state index contributed by atoms with van der Waals surface area (Å²) in [7, 11) is 1.55. The van der Waals surface area contributed by atoms with Gasteiger partial charge in [0.1, 0.15) is 17.8 Å². The topological polar surface area (TPSA) is 99.8 Å². The van der Waals surface area contributed by atoms with Crippen molar-refractivity contribution in [1.82, 2.24) is 20.9 Å². The molecule has 2 unspecified atom stereocenters. The molecule has 9 heteroatoms. The molecule has 2 aliphatic heterocycles. The summed E-state index contributed by atoms with van der Waals surface area (Å²) >= 11 is 0. The minimum absolute atomic E-state index is 0. The molecule has 0 spiro atoms. The quantitative estimate of drug-likeness (QED) is 0.639. The summed E-state index contributed by atoms with van der Waals surface area (Å²) in [5, 5.41) is 8.67. The van der Waals surface area contributed by atoms with E-state index < -0.39 is 17.5 Å². The van der Waals surface area contributed by atoms with E-state index in [1.54, 1.807) is 38.3 Å². The van der Waals surface area contributed by atoms with Gasteiger partial charge in [0.2, 0.25) is 5.91 Å². The lowest BCUT2D eigenvalue weighted by molar-refractivity contribution is -0.135. The number of nitrogens with one attached hydrogen (secondary N) is 3. The first-order chi connectivity index (χ1) is 11.9. The highest BCUT2D eigenvalue weighted by atomic mass is 35.5. The van der Waals surface area contributed by atoms with Crippen molar-refractivity contribution in [2.45, 2.75) is 24.9 Å². The number of hydrogen-bond acceptors (Lipinski definition) is 5. The third kappa shape index (κ3) is 3.76. The SMILES string of the molecule is COc1ccc(C2(C)NC(=O)N(CC(=O)NC3CCNC3)C2=O)cc1.Cl. The van der Waals surface area contributed by atoms with Crippen LogP contribution in [0.3, 0.4) is 0 Å². The monoisotopic (exact) mass is 382 g/mol. The fraction of sp³-hybridized carbons (Fsp3) is 0.471. The number of hydrogen-bond donors (Lipinski definition) is 3. The molecule has 0 bridgehead atoms. The second-order valence-electron chi connectivity index (χ2n) is 6.43. The van der Waals surface area contributed by atoms with Crippen LogP contribution in [0.25, 0.3) is 0 Å². The van der Waals surface area contributed by atoms with Gasteiger partial charge in [0.15, 0.2) is 0 Å². The van der Waals surface area contributed by atoms with E-state index in [0.717, 1.165) is 17.9 Å². The smallest absolute Gasteiger partial charge is 0.325 e. The molecular weight excluding hydrogens is 360 g/mol. The van der Waals surface area contributed by atoms with Crippen LogP contribution in [-0.2, 0) is 15.1 Å². The maximum atomic E-state index is 12.8. The Labute approximate surface area is 158 Å². The van der Waals surface area contributed by atoms with E-state index in [-0.39, 0.29) is 30.9 Å². The Morgan fingerprint density at radius 1 is 1.35 bits per heavy atom. The Hall–Kier alpha value is -2.32. The molecule has 3 N–H and O–H groups in total. The standard InChI is InChI=1S/C17H22N4O4.ClH/c1-17(11-3-5-13(25-2)6-4-11)15(23)21(16(24)20-17)10-14(22)19-12-7-8-18-9-12;/h3-6,12,18H,7-10H2,1-2H3,(H,19,22)(H,20,24);1H. The summed E-state index contributed by atoms with van der Waals surface area (Å²) in [5.74, 6) is -0.121. The molecule has 1 aromatic carbocycles. The molecule has 3 rings (SSSR count). The number of ether oxygens (including phenoxy) is 1. The summed E-state index contributed by atoms with van der Waals surface area (Å²) in [5.41, 5.74) is -0.562. The number of rotatable bonds is 5. The number of imide groups is 1. The number of benzene rings is 1. The average molecular weight is 383 g/mol. The molecule has 0 aromatic heterocycles. The van der Waals surface area contributed by atoms with Gasteiger partial charge in [-0.1, -0.05) is 12.1 Å². The van der Waals surface area contributed by atoms with Crippen LogP contribution in [0.5, 0.6) is 5.75 Å². The Morgan fingerprint density at radius 2 is 2.04 bits per heavy atom. The molecule has 26 heavy (non-hydrogen) atoms. The highest BCUT2D eigenvalue weighted by molar-refractivity contribution is 6.09. The normalized spacial score (nSPS) is 24.8. The van der Waals surface area contributed by atoms with Crippen molar-refractivity contribution in [2.24, 2.45) is 0 Å². The van der Waals surface area contributed by atoms with Crippen molar-refractivity contribution >= 4 is 30.3 Å². The number of amides is 4. The van der Waals surface area contributed by atoms with E-state index in [2.05, 4.69) is 16.0 Å². The summed E-state index contributed by atoms with van der Waals surface area (Å²) in [6.45, 7) is 2.90. The largest absolute Gasteiger partial charge is 0.497 e. The first-order valence-electron chi connectivity index (χ1n) is 8.23. The predicted molar refractivity (Wildman–Crippen MR) is 97.3 cm³/mol. The van der Waals surface area contributed by atoms with Crippen LogP contribution in [0.1, 0.15) is 18.9 Å². The van der Waals surface area contributed by atoms with Crippen LogP contribution in [0.4, 0.5) is 4.79 Å². The molecule has 4 amide bonds. The highest BCUT2D eigenvalue weighted by Crippen LogP contribution is 2.29. The van der Waals surface area contributed by atoms with Crippen molar-refractivity contribution in [2.75, 3.05) is 26.7 Å². The highest BCUT2D eigenvalue weighted by Gasteiger charge is 2.49. The van der Waals surface area contributed by atoms with Crippen molar-refractivity contribution in [3.63, 3.8) is 0 Å². The van der Waals surface area contributed by atoms with Crippen LogP contribution < -0.4 is 20.7 Å². The predicted octanol–water partition coefficient (Wildman–Crippen LogP) is 0.362. The Balaban J connectivity index is 0.00000243. The molecule has 2 fully saturated rings. The Morgan fingerprint density at radius 3 is 2.62 bits per heavy atom. The number of carbonyl (C=O) groups is 3. The lowest BCUT2D eigenvalue weighted by Crippen LogP contribution is -2.46. The van der Waals surface area contributed by atoms with Crippen molar-refractivity contribution in [3.8, 4) is 5.75 Å². The van der Waals surface area contributed by atoms with Gasteiger partial charge in [0.25, 0.3) is 5.91 Å². The second kappa shape index (κ2) is 7.92. The molecule has 2 heterocycles. The lowest BCUT2D eigenvalue weighted by Gasteiger charge is -2.22. The zero-order valence-electron chi connectivity index (χ0n) is 14.7. The van der Waals surface area contributed by atoms with Crippen molar-refractivity contribution in [3.05, 3.63) is 29.8 Å². The minimum atomic E-state index is -1.20.